The molecule has 20 heavy (non-hydrogen) atoms. The van der Waals surface area contributed by atoms with Gasteiger partial charge in [-0.25, -0.2) is 19.7 Å². The highest BCUT2D eigenvalue weighted by molar-refractivity contribution is 7.09. The lowest BCUT2D eigenvalue weighted by Crippen LogP contribution is -2.08. The number of carbonyl (C=O) groups is 1. The van der Waals surface area contributed by atoms with E-state index in [1.54, 1.807) is 5.38 Å². The van der Waals surface area contributed by atoms with E-state index in [9.17, 15) is 4.79 Å². The van der Waals surface area contributed by atoms with Crippen LogP contribution in [0.4, 0.5) is 5.82 Å². The van der Waals surface area contributed by atoms with Crippen molar-refractivity contribution in [2.45, 2.75) is 26.7 Å². The number of carboxylic acids is 1. The van der Waals surface area contributed by atoms with E-state index in [0.717, 1.165) is 28.8 Å². The van der Waals surface area contributed by atoms with E-state index >= 15 is 0 Å². The van der Waals surface area contributed by atoms with Gasteiger partial charge in [-0.05, 0) is 13.3 Å². The van der Waals surface area contributed by atoms with Crippen molar-refractivity contribution < 1.29 is 9.90 Å². The minimum atomic E-state index is -0.987. The van der Waals surface area contributed by atoms with Crippen LogP contribution in [0.25, 0.3) is 0 Å². The maximum atomic E-state index is 10.7. The Balaban J connectivity index is 1.92. The molecule has 0 unspecified atom stereocenters. The second kappa shape index (κ2) is 6.42. The molecule has 2 heterocycles. The Morgan fingerprint density at radius 3 is 2.85 bits per heavy atom. The maximum absolute atomic E-state index is 10.7. The average molecular weight is 292 g/mol. The summed E-state index contributed by atoms with van der Waals surface area (Å²) in [4.78, 5) is 23.4. The summed E-state index contributed by atoms with van der Waals surface area (Å²) in [6.07, 6.45) is 1.54. The molecular weight excluding hydrogens is 276 g/mol. The van der Waals surface area contributed by atoms with Crippen molar-refractivity contribution in [3.8, 4) is 0 Å². The van der Waals surface area contributed by atoms with E-state index < -0.39 is 5.97 Å². The van der Waals surface area contributed by atoms with Gasteiger partial charge in [-0.1, -0.05) is 6.92 Å². The van der Waals surface area contributed by atoms with Crippen molar-refractivity contribution in [1.82, 2.24) is 15.0 Å². The van der Waals surface area contributed by atoms with Crippen LogP contribution in [0.3, 0.4) is 0 Å². The molecule has 0 aliphatic carbocycles. The molecule has 0 bridgehead atoms. The number of aromatic nitrogens is 3. The van der Waals surface area contributed by atoms with E-state index in [1.165, 1.54) is 11.3 Å². The lowest BCUT2D eigenvalue weighted by molar-refractivity contribution is 0.0691. The quantitative estimate of drug-likeness (QED) is 0.848. The fourth-order valence-corrected chi connectivity index (χ4v) is 2.49. The molecule has 0 aliphatic rings. The number of anilines is 1. The zero-order valence-electron chi connectivity index (χ0n) is 11.4. The molecule has 0 aromatic carbocycles. The summed E-state index contributed by atoms with van der Waals surface area (Å²) in [6.45, 7) is 4.57. The molecule has 6 nitrogen and oxygen atoms in total. The summed E-state index contributed by atoms with van der Waals surface area (Å²) in [6, 6.07) is 1.93. The number of carboxylic acid groups (broad SMARTS) is 1. The highest BCUT2D eigenvalue weighted by Crippen LogP contribution is 2.11. The van der Waals surface area contributed by atoms with Crippen LogP contribution in [0.15, 0.2) is 11.4 Å². The summed E-state index contributed by atoms with van der Waals surface area (Å²) in [5.41, 5.74) is 1.11. The van der Waals surface area contributed by atoms with Crippen LogP contribution in [0.5, 0.6) is 0 Å². The molecular formula is C13H16N4O2S. The molecule has 106 valence electrons. The Labute approximate surface area is 120 Å². The molecule has 0 fully saturated rings. The minimum Gasteiger partial charge on any atom is -0.476 e. The van der Waals surface area contributed by atoms with Crippen molar-refractivity contribution >= 4 is 23.1 Å². The first-order valence-corrected chi connectivity index (χ1v) is 7.22. The SMILES string of the molecule is CCc1cc(NCCc2nc(C(=O)O)cs2)nc(C)n1. The molecule has 2 aromatic rings. The molecule has 2 rings (SSSR count). The van der Waals surface area contributed by atoms with E-state index in [-0.39, 0.29) is 5.69 Å². The molecule has 0 saturated carbocycles. The minimum absolute atomic E-state index is 0.108. The maximum Gasteiger partial charge on any atom is 0.355 e. The fourth-order valence-electron chi connectivity index (χ4n) is 1.72. The van der Waals surface area contributed by atoms with Crippen LogP contribution in [0.1, 0.15) is 33.9 Å². The third-order valence-electron chi connectivity index (χ3n) is 2.67. The van der Waals surface area contributed by atoms with Crippen LogP contribution in [0.2, 0.25) is 0 Å². The van der Waals surface area contributed by atoms with Crippen molar-refractivity contribution in [2.75, 3.05) is 11.9 Å². The van der Waals surface area contributed by atoms with Gasteiger partial charge in [-0.15, -0.1) is 11.3 Å². The standard InChI is InChI=1S/C13H16N4O2S/c1-3-9-6-11(16-8(2)15-9)14-5-4-12-17-10(7-20-12)13(18)19/h6-7H,3-5H2,1-2H3,(H,18,19)(H,14,15,16). The third-order valence-corrected chi connectivity index (χ3v) is 3.58. The van der Waals surface area contributed by atoms with Gasteiger partial charge in [0.2, 0.25) is 0 Å². The smallest absolute Gasteiger partial charge is 0.355 e. The Morgan fingerprint density at radius 2 is 2.20 bits per heavy atom. The number of rotatable bonds is 6. The monoisotopic (exact) mass is 292 g/mol. The van der Waals surface area contributed by atoms with Crippen molar-refractivity contribution in [2.24, 2.45) is 0 Å². The number of hydrogen-bond acceptors (Lipinski definition) is 6. The van der Waals surface area contributed by atoms with E-state index in [4.69, 9.17) is 5.11 Å². The molecule has 0 spiro atoms. The van der Waals surface area contributed by atoms with Gasteiger partial charge < -0.3 is 10.4 Å². The van der Waals surface area contributed by atoms with Crippen LogP contribution < -0.4 is 5.32 Å². The predicted octanol–water partition coefficient (Wildman–Crippen LogP) is 2.16. The van der Waals surface area contributed by atoms with Crippen molar-refractivity contribution in [3.63, 3.8) is 0 Å². The summed E-state index contributed by atoms with van der Waals surface area (Å²) in [5.74, 6) is 0.554. The van der Waals surface area contributed by atoms with Gasteiger partial charge in [0.05, 0.1) is 5.01 Å². The highest BCUT2D eigenvalue weighted by Gasteiger charge is 2.08. The van der Waals surface area contributed by atoms with Gasteiger partial charge in [0.25, 0.3) is 0 Å². The number of aryl methyl sites for hydroxylation is 2. The Bertz CT molecular complexity index is 612. The normalized spacial score (nSPS) is 10.5. The van der Waals surface area contributed by atoms with E-state index in [1.807, 2.05) is 13.0 Å². The van der Waals surface area contributed by atoms with Crippen LogP contribution in [0, 0.1) is 6.92 Å². The number of nitrogens with one attached hydrogen (secondary N) is 1. The number of thiazole rings is 1. The second-order valence-electron chi connectivity index (χ2n) is 4.25. The first-order chi connectivity index (χ1) is 9.58. The van der Waals surface area contributed by atoms with Gasteiger partial charge in [-0.2, -0.15) is 0 Å². The molecule has 0 saturated heterocycles. The zero-order chi connectivity index (χ0) is 14.5. The summed E-state index contributed by atoms with van der Waals surface area (Å²) >= 11 is 1.36. The zero-order valence-corrected chi connectivity index (χ0v) is 12.2. The van der Waals surface area contributed by atoms with Gasteiger partial charge >= 0.3 is 5.97 Å². The summed E-state index contributed by atoms with van der Waals surface area (Å²) in [5, 5.41) is 14.4. The topological polar surface area (TPSA) is 88.0 Å². The lowest BCUT2D eigenvalue weighted by atomic mass is 10.3. The highest BCUT2D eigenvalue weighted by atomic mass is 32.1. The van der Waals surface area contributed by atoms with Crippen LogP contribution >= 0.6 is 11.3 Å². The molecule has 0 radical (unpaired) electrons. The van der Waals surface area contributed by atoms with E-state index in [2.05, 4.69) is 27.2 Å². The molecule has 2 N–H and O–H groups in total. The average Bonchev–Trinajstić information content (AvgIpc) is 2.87. The number of nitrogens with zero attached hydrogens (tertiary/aromatic N) is 3. The summed E-state index contributed by atoms with van der Waals surface area (Å²) in [7, 11) is 0. The predicted molar refractivity (Wildman–Crippen MR) is 77.4 cm³/mol. The second-order valence-corrected chi connectivity index (χ2v) is 5.20. The van der Waals surface area contributed by atoms with Crippen molar-refractivity contribution in [3.05, 3.63) is 33.7 Å². The van der Waals surface area contributed by atoms with Gasteiger partial charge in [0.15, 0.2) is 5.69 Å². The Hall–Kier alpha value is -2.02. The molecule has 0 amide bonds. The number of hydrogen-bond donors (Lipinski definition) is 2. The van der Waals surface area contributed by atoms with E-state index in [0.29, 0.717) is 13.0 Å². The van der Waals surface area contributed by atoms with Crippen molar-refractivity contribution in [1.29, 1.82) is 0 Å². The van der Waals surface area contributed by atoms with Crippen LogP contribution in [-0.2, 0) is 12.8 Å². The summed E-state index contributed by atoms with van der Waals surface area (Å²) < 4.78 is 0. The fraction of sp³-hybridized carbons (Fsp3) is 0.385. The largest absolute Gasteiger partial charge is 0.476 e. The molecule has 7 heteroatoms. The Morgan fingerprint density at radius 1 is 1.40 bits per heavy atom. The first kappa shape index (κ1) is 14.4. The third kappa shape index (κ3) is 3.74. The lowest BCUT2D eigenvalue weighted by Gasteiger charge is -2.06. The molecule has 0 aliphatic heterocycles. The molecule has 2 aromatic heterocycles. The van der Waals surface area contributed by atoms with Gasteiger partial charge in [0, 0.05) is 30.1 Å². The van der Waals surface area contributed by atoms with Gasteiger partial charge in [0.1, 0.15) is 11.6 Å². The van der Waals surface area contributed by atoms with Gasteiger partial charge in [-0.3, -0.25) is 0 Å². The number of aromatic carboxylic acids is 1. The Kier molecular flexibility index (Phi) is 4.62. The molecule has 0 atom stereocenters. The van der Waals surface area contributed by atoms with Crippen LogP contribution in [-0.4, -0.2) is 32.6 Å². The first-order valence-electron chi connectivity index (χ1n) is 6.34.